The first-order chi connectivity index (χ1) is 11.2. The molecule has 1 atom stereocenters. The minimum atomic E-state index is -0.0961. The number of rotatable bonds is 5. The van der Waals surface area contributed by atoms with Crippen LogP contribution in [0.3, 0.4) is 0 Å². The fourth-order valence-electron chi connectivity index (χ4n) is 2.95. The fourth-order valence-corrected chi connectivity index (χ4v) is 2.95. The molecule has 2 aromatic rings. The number of aryl methyl sites for hydroxylation is 1. The van der Waals surface area contributed by atoms with E-state index in [1.165, 1.54) is 17.2 Å². The van der Waals surface area contributed by atoms with E-state index in [0.29, 0.717) is 6.61 Å². The van der Waals surface area contributed by atoms with Gasteiger partial charge >= 0.3 is 0 Å². The van der Waals surface area contributed by atoms with Crippen molar-refractivity contribution in [1.82, 2.24) is 5.32 Å². The summed E-state index contributed by atoms with van der Waals surface area (Å²) in [6, 6.07) is 16.6. The van der Waals surface area contributed by atoms with Crippen molar-refractivity contribution in [3.8, 4) is 5.75 Å². The van der Waals surface area contributed by atoms with Gasteiger partial charge in [-0.1, -0.05) is 43.0 Å². The molecule has 0 saturated heterocycles. The largest absolute Gasteiger partial charge is 0.489 e. The van der Waals surface area contributed by atoms with Gasteiger partial charge in [-0.15, -0.1) is 0 Å². The second-order valence-electron chi connectivity index (χ2n) is 5.86. The number of hydrogen-bond donors (Lipinski definition) is 1. The zero-order valence-corrected chi connectivity index (χ0v) is 13.1. The van der Waals surface area contributed by atoms with Gasteiger partial charge in [0.1, 0.15) is 12.4 Å². The molecule has 0 aromatic heterocycles. The lowest BCUT2D eigenvalue weighted by Gasteiger charge is -2.25. The van der Waals surface area contributed by atoms with Crippen molar-refractivity contribution < 1.29 is 9.53 Å². The van der Waals surface area contributed by atoms with Gasteiger partial charge in [0.2, 0.25) is 5.91 Å². The molecule has 3 rings (SSSR count). The van der Waals surface area contributed by atoms with Gasteiger partial charge in [0, 0.05) is 6.04 Å². The first-order valence-corrected chi connectivity index (χ1v) is 7.96. The molecule has 0 aliphatic heterocycles. The molecule has 1 aliphatic rings. The van der Waals surface area contributed by atoms with Crippen LogP contribution in [0, 0.1) is 0 Å². The number of nitrogens with one attached hydrogen (secondary N) is 1. The van der Waals surface area contributed by atoms with Gasteiger partial charge < -0.3 is 10.1 Å². The number of carbonyl (C=O) groups excluding carboxylic acids is 1. The van der Waals surface area contributed by atoms with Crippen molar-refractivity contribution in [1.29, 1.82) is 0 Å². The topological polar surface area (TPSA) is 38.3 Å². The smallest absolute Gasteiger partial charge is 0.243 e. The third-order valence-electron chi connectivity index (χ3n) is 4.19. The van der Waals surface area contributed by atoms with E-state index < -0.39 is 0 Å². The summed E-state index contributed by atoms with van der Waals surface area (Å²) >= 11 is 0. The number of hydrogen-bond acceptors (Lipinski definition) is 2. The number of ether oxygens (including phenoxy) is 1. The quantitative estimate of drug-likeness (QED) is 0.860. The molecule has 0 heterocycles. The normalized spacial score (nSPS) is 16.3. The second kappa shape index (κ2) is 7.14. The maximum atomic E-state index is 11.4. The van der Waals surface area contributed by atoms with Crippen LogP contribution in [0.25, 0.3) is 0 Å². The van der Waals surface area contributed by atoms with Crippen LogP contribution in [-0.4, -0.2) is 11.9 Å². The summed E-state index contributed by atoms with van der Waals surface area (Å²) in [6.45, 7) is 4.08. The monoisotopic (exact) mass is 307 g/mol. The van der Waals surface area contributed by atoms with E-state index in [1.807, 2.05) is 24.3 Å². The molecule has 1 amide bonds. The zero-order valence-electron chi connectivity index (χ0n) is 13.1. The molecule has 0 bridgehead atoms. The van der Waals surface area contributed by atoms with Crippen molar-refractivity contribution in [3.05, 3.63) is 77.9 Å². The van der Waals surface area contributed by atoms with Crippen molar-refractivity contribution in [2.24, 2.45) is 0 Å². The lowest BCUT2D eigenvalue weighted by molar-refractivity contribution is -0.117. The van der Waals surface area contributed by atoms with Gasteiger partial charge in [-0.2, -0.15) is 0 Å². The highest BCUT2D eigenvalue weighted by molar-refractivity contribution is 5.87. The predicted octanol–water partition coefficient (Wildman–Crippen LogP) is 3.43. The summed E-state index contributed by atoms with van der Waals surface area (Å²) in [5.41, 5.74) is 3.77. The minimum absolute atomic E-state index is 0.0961. The van der Waals surface area contributed by atoms with E-state index in [1.54, 1.807) is 0 Å². The van der Waals surface area contributed by atoms with E-state index >= 15 is 0 Å². The van der Waals surface area contributed by atoms with E-state index in [0.717, 1.165) is 30.6 Å². The third-order valence-corrected chi connectivity index (χ3v) is 4.19. The van der Waals surface area contributed by atoms with Crippen molar-refractivity contribution in [2.45, 2.75) is 31.9 Å². The molecule has 3 nitrogen and oxygen atoms in total. The van der Waals surface area contributed by atoms with Gasteiger partial charge in [0.05, 0.1) is 0 Å². The van der Waals surface area contributed by atoms with Crippen LogP contribution in [0.2, 0.25) is 0 Å². The van der Waals surface area contributed by atoms with E-state index in [-0.39, 0.29) is 11.9 Å². The highest BCUT2D eigenvalue weighted by Crippen LogP contribution is 2.26. The van der Waals surface area contributed by atoms with E-state index in [4.69, 9.17) is 4.74 Å². The zero-order chi connectivity index (χ0) is 16.1. The second-order valence-corrected chi connectivity index (χ2v) is 5.86. The summed E-state index contributed by atoms with van der Waals surface area (Å²) in [4.78, 5) is 11.4. The molecule has 1 unspecified atom stereocenters. The molecule has 0 radical (unpaired) electrons. The number of benzene rings is 2. The van der Waals surface area contributed by atoms with Crippen LogP contribution < -0.4 is 10.1 Å². The van der Waals surface area contributed by atoms with Gasteiger partial charge in [0.15, 0.2) is 0 Å². The average molecular weight is 307 g/mol. The molecule has 23 heavy (non-hydrogen) atoms. The van der Waals surface area contributed by atoms with Crippen LogP contribution >= 0.6 is 0 Å². The molecule has 2 aromatic carbocycles. The summed E-state index contributed by atoms with van der Waals surface area (Å²) in [7, 11) is 0. The number of carbonyl (C=O) groups is 1. The predicted molar refractivity (Wildman–Crippen MR) is 91.4 cm³/mol. The highest BCUT2D eigenvalue weighted by Gasteiger charge is 2.19. The Balaban J connectivity index is 1.62. The molecule has 3 heteroatoms. The molecule has 1 aliphatic carbocycles. The maximum absolute atomic E-state index is 11.4. The first-order valence-electron chi connectivity index (χ1n) is 7.96. The fraction of sp³-hybridized carbons (Fsp3) is 0.250. The van der Waals surface area contributed by atoms with Crippen LogP contribution in [-0.2, 0) is 24.2 Å². The average Bonchev–Trinajstić information content (AvgIpc) is 2.60. The Kier molecular flexibility index (Phi) is 4.77. The molecular formula is C20H21NO2. The Morgan fingerprint density at radius 3 is 2.83 bits per heavy atom. The lowest BCUT2D eigenvalue weighted by Crippen LogP contribution is -2.37. The third kappa shape index (κ3) is 4.01. The summed E-state index contributed by atoms with van der Waals surface area (Å²) in [5, 5.41) is 2.98. The molecule has 0 fully saturated rings. The maximum Gasteiger partial charge on any atom is 0.243 e. The molecular weight excluding hydrogens is 286 g/mol. The summed E-state index contributed by atoms with van der Waals surface area (Å²) < 4.78 is 5.88. The Morgan fingerprint density at radius 2 is 2.04 bits per heavy atom. The Morgan fingerprint density at radius 1 is 1.22 bits per heavy atom. The Bertz CT molecular complexity index is 694. The van der Waals surface area contributed by atoms with Crippen LogP contribution in [0.1, 0.15) is 23.1 Å². The lowest BCUT2D eigenvalue weighted by atomic mass is 9.88. The van der Waals surface area contributed by atoms with Gasteiger partial charge in [0.25, 0.3) is 0 Å². The van der Waals surface area contributed by atoms with Crippen molar-refractivity contribution >= 4 is 5.91 Å². The first kappa shape index (κ1) is 15.3. The van der Waals surface area contributed by atoms with Crippen LogP contribution in [0.5, 0.6) is 5.75 Å². The van der Waals surface area contributed by atoms with E-state index in [2.05, 4.69) is 36.2 Å². The van der Waals surface area contributed by atoms with Gasteiger partial charge in [-0.25, -0.2) is 0 Å². The number of amides is 1. The standard InChI is InChI=1S/C20H21NO2/c1-2-20(22)21-18-10-8-17-13-19(11-9-16(17)12-18)23-14-15-6-4-3-5-7-15/h2-7,9,11,13,18H,1,8,10,12,14H2,(H,21,22). The summed E-state index contributed by atoms with van der Waals surface area (Å²) in [6.07, 6.45) is 4.11. The minimum Gasteiger partial charge on any atom is -0.489 e. The molecule has 0 spiro atoms. The highest BCUT2D eigenvalue weighted by atomic mass is 16.5. The van der Waals surface area contributed by atoms with Crippen LogP contribution in [0.15, 0.2) is 61.2 Å². The van der Waals surface area contributed by atoms with Gasteiger partial charge in [-0.3, -0.25) is 4.79 Å². The van der Waals surface area contributed by atoms with Gasteiger partial charge in [-0.05, 0) is 54.2 Å². The molecule has 1 N–H and O–H groups in total. The molecule has 118 valence electrons. The van der Waals surface area contributed by atoms with Crippen molar-refractivity contribution in [2.75, 3.05) is 0 Å². The van der Waals surface area contributed by atoms with Crippen LogP contribution in [0.4, 0.5) is 0 Å². The summed E-state index contributed by atoms with van der Waals surface area (Å²) in [5.74, 6) is 0.808. The Hall–Kier alpha value is -2.55. The SMILES string of the molecule is C=CC(=O)NC1CCc2cc(OCc3ccccc3)ccc2C1. The Labute approximate surface area is 137 Å². The molecule has 0 saturated carbocycles. The number of fused-ring (bicyclic) bond motifs is 1. The van der Waals surface area contributed by atoms with Crippen molar-refractivity contribution in [3.63, 3.8) is 0 Å². The van der Waals surface area contributed by atoms with E-state index in [9.17, 15) is 4.79 Å².